The number of hydroxylamine groups is 1. The minimum atomic E-state index is -2.01. The number of phenolic OH excluding ortho intramolecular Hbond substituents is 2. The first-order chi connectivity index (χ1) is 18.9. The van der Waals surface area contributed by atoms with Crippen LogP contribution in [0.5, 0.6) is 17.2 Å². The summed E-state index contributed by atoms with van der Waals surface area (Å²) in [5.41, 5.74) is -0.387. The third-order valence-electron chi connectivity index (χ3n) is 8.02. The first-order valence-electron chi connectivity index (χ1n) is 12.8. The maximum absolute atomic E-state index is 13.7. The fourth-order valence-electron chi connectivity index (χ4n) is 5.89. The minimum absolute atomic E-state index is 0.0169. The minimum Gasteiger partial charge on any atom is -0.507 e. The van der Waals surface area contributed by atoms with E-state index in [0.29, 0.717) is 0 Å². The molecule has 0 saturated carbocycles. The van der Waals surface area contributed by atoms with Crippen molar-refractivity contribution in [1.82, 2.24) is 5.48 Å². The summed E-state index contributed by atoms with van der Waals surface area (Å²) in [7, 11) is 2.73. The number of carbonyl (C=O) groups is 3. The summed E-state index contributed by atoms with van der Waals surface area (Å²) in [4.78, 5) is 44.8. The van der Waals surface area contributed by atoms with Crippen LogP contribution in [0.4, 0.5) is 0 Å². The van der Waals surface area contributed by atoms with Crippen LogP contribution >= 0.6 is 0 Å². The Labute approximate surface area is 229 Å². The zero-order valence-electron chi connectivity index (χ0n) is 22.4. The van der Waals surface area contributed by atoms with Crippen LogP contribution in [0.15, 0.2) is 18.2 Å². The largest absolute Gasteiger partial charge is 0.507 e. The number of hydrogen-bond acceptors (Lipinski definition) is 12. The van der Waals surface area contributed by atoms with Crippen molar-refractivity contribution in [2.24, 2.45) is 0 Å². The molecular weight excluding hydrogens is 526 g/mol. The molecule has 3 aliphatic rings. The summed E-state index contributed by atoms with van der Waals surface area (Å²) in [5.74, 6) is -3.19. The zero-order chi connectivity index (χ0) is 29.1. The number of fused-ring (bicyclic) bond motifs is 3. The molecule has 0 amide bonds. The highest BCUT2D eigenvalue weighted by atomic mass is 16.7. The van der Waals surface area contributed by atoms with Crippen LogP contribution in [-0.4, -0.2) is 82.1 Å². The Morgan fingerprint density at radius 2 is 1.80 bits per heavy atom. The van der Waals surface area contributed by atoms with E-state index in [9.17, 15) is 34.8 Å². The Balaban J connectivity index is 1.65. The van der Waals surface area contributed by atoms with E-state index in [1.54, 1.807) is 6.92 Å². The molecule has 0 bridgehead atoms. The lowest BCUT2D eigenvalue weighted by molar-refractivity contribution is -0.256. The van der Waals surface area contributed by atoms with Crippen LogP contribution in [0.3, 0.4) is 0 Å². The second-order valence-electron chi connectivity index (χ2n) is 10.4. The van der Waals surface area contributed by atoms with Gasteiger partial charge in [0.25, 0.3) is 0 Å². The summed E-state index contributed by atoms with van der Waals surface area (Å²) in [6.45, 7) is 2.81. The van der Waals surface area contributed by atoms with Gasteiger partial charge in [0.05, 0.1) is 55.3 Å². The van der Waals surface area contributed by atoms with E-state index >= 15 is 0 Å². The summed E-state index contributed by atoms with van der Waals surface area (Å²) in [5, 5.41) is 44.6. The zero-order valence-corrected chi connectivity index (χ0v) is 22.4. The number of ketones is 3. The highest BCUT2D eigenvalue weighted by Gasteiger charge is 2.49. The number of phenols is 2. The lowest BCUT2D eigenvalue weighted by Crippen LogP contribution is -2.54. The number of aromatic hydroxyl groups is 2. The lowest BCUT2D eigenvalue weighted by Gasteiger charge is -2.42. The van der Waals surface area contributed by atoms with Crippen LogP contribution in [0.2, 0.25) is 0 Å². The number of nitrogens with one attached hydrogen (secondary N) is 1. The van der Waals surface area contributed by atoms with Gasteiger partial charge >= 0.3 is 0 Å². The van der Waals surface area contributed by atoms with Gasteiger partial charge in [0.1, 0.15) is 22.8 Å². The SMILES string of the molecule is CONC1CC(O[C@H]2C[C@](O)(C(C)=O)Cc3c(O)c4c(c(O)c32)C(=O)c2c(OC)cccc2C4=O)OC(C)C1O. The Morgan fingerprint density at radius 3 is 2.45 bits per heavy atom. The molecule has 12 nitrogen and oxygen atoms in total. The van der Waals surface area contributed by atoms with E-state index in [-0.39, 0.29) is 40.8 Å². The van der Waals surface area contributed by atoms with Crippen molar-refractivity contribution in [2.75, 3.05) is 14.2 Å². The third-order valence-corrected chi connectivity index (χ3v) is 8.02. The fourth-order valence-corrected chi connectivity index (χ4v) is 5.89. The normalized spacial score (nSPS) is 29.4. The second kappa shape index (κ2) is 10.2. The number of hydrogen-bond donors (Lipinski definition) is 5. The molecule has 0 aromatic heterocycles. The average molecular weight is 558 g/mol. The highest BCUT2D eigenvalue weighted by molar-refractivity contribution is 6.31. The van der Waals surface area contributed by atoms with Gasteiger partial charge in [-0.3, -0.25) is 14.4 Å². The molecule has 2 aromatic carbocycles. The number of carbonyl (C=O) groups excluding carboxylic acids is 3. The number of aliphatic hydroxyl groups excluding tert-OH is 1. The van der Waals surface area contributed by atoms with Crippen LogP contribution in [0.1, 0.15) is 75.8 Å². The van der Waals surface area contributed by atoms with Crippen LogP contribution < -0.4 is 10.2 Å². The molecule has 5 rings (SSSR count). The molecule has 1 aliphatic heterocycles. The van der Waals surface area contributed by atoms with E-state index in [0.717, 1.165) is 0 Å². The van der Waals surface area contributed by atoms with Crippen LogP contribution in [-0.2, 0) is 25.5 Å². The van der Waals surface area contributed by atoms with E-state index < -0.39 is 82.6 Å². The van der Waals surface area contributed by atoms with Gasteiger partial charge in [0.15, 0.2) is 17.9 Å². The maximum atomic E-state index is 13.7. The maximum Gasteiger partial charge on any atom is 0.202 e. The summed E-state index contributed by atoms with van der Waals surface area (Å²) < 4.78 is 17.3. The average Bonchev–Trinajstić information content (AvgIpc) is 2.91. The van der Waals surface area contributed by atoms with Gasteiger partial charge in [-0.1, -0.05) is 12.1 Å². The molecular formula is C28H31NO11. The number of aliphatic hydroxyl groups is 2. The molecule has 2 aromatic rings. The van der Waals surface area contributed by atoms with Gasteiger partial charge in [0, 0.05) is 36.0 Å². The topological polar surface area (TPSA) is 181 Å². The molecule has 12 heteroatoms. The molecule has 1 fully saturated rings. The van der Waals surface area contributed by atoms with E-state index in [2.05, 4.69) is 5.48 Å². The number of Topliss-reactive ketones (excluding diaryl/α,β-unsaturated/α-hetero) is 1. The molecule has 1 saturated heterocycles. The smallest absolute Gasteiger partial charge is 0.202 e. The first-order valence-corrected chi connectivity index (χ1v) is 12.8. The van der Waals surface area contributed by atoms with Crippen molar-refractivity contribution in [3.05, 3.63) is 51.6 Å². The van der Waals surface area contributed by atoms with Crippen molar-refractivity contribution in [3.8, 4) is 17.2 Å². The first kappa shape index (κ1) is 28.1. The standard InChI is InChI=1S/C28H31NO11/c1-11-23(31)15(29-38-4)8-18(39-11)40-17-10-28(36,12(2)30)9-14-20(17)27(35)22-21(25(14)33)24(32)13-6-5-7-16(37-3)19(13)26(22)34/h5-7,11,15,17-18,23,29,31,33,35-36H,8-10H2,1-4H3/t11?,15?,17-,18?,23?,28-/m0/s1. The monoisotopic (exact) mass is 557 g/mol. The predicted octanol–water partition coefficient (Wildman–Crippen LogP) is 1.22. The van der Waals surface area contributed by atoms with Crippen LogP contribution in [0.25, 0.3) is 0 Å². The number of methoxy groups -OCH3 is 1. The Kier molecular flexibility index (Phi) is 7.19. The second-order valence-corrected chi connectivity index (χ2v) is 10.4. The summed E-state index contributed by atoms with van der Waals surface area (Å²) >= 11 is 0. The molecule has 2 aliphatic carbocycles. The van der Waals surface area contributed by atoms with Gasteiger partial charge in [-0.15, -0.1) is 0 Å². The summed E-state index contributed by atoms with van der Waals surface area (Å²) in [6, 6.07) is 3.84. The van der Waals surface area contributed by atoms with Crippen LogP contribution in [0, 0.1) is 0 Å². The predicted molar refractivity (Wildman–Crippen MR) is 136 cm³/mol. The van der Waals surface area contributed by atoms with Gasteiger partial charge < -0.3 is 39.5 Å². The quantitative estimate of drug-likeness (QED) is 0.216. The number of benzene rings is 2. The molecule has 0 radical (unpaired) electrons. The number of ether oxygens (including phenoxy) is 3. The van der Waals surface area contributed by atoms with Gasteiger partial charge in [-0.2, -0.15) is 5.48 Å². The molecule has 214 valence electrons. The van der Waals surface area contributed by atoms with E-state index in [1.165, 1.54) is 39.3 Å². The molecule has 0 spiro atoms. The lowest BCUT2D eigenvalue weighted by atomic mass is 9.72. The van der Waals surface area contributed by atoms with E-state index in [4.69, 9.17) is 19.0 Å². The molecule has 1 heterocycles. The fraction of sp³-hybridized carbons (Fsp3) is 0.464. The Hall–Kier alpha value is -3.39. The van der Waals surface area contributed by atoms with Gasteiger partial charge in [0.2, 0.25) is 5.78 Å². The Bertz CT molecular complexity index is 1410. The molecule has 4 unspecified atom stereocenters. The van der Waals surface area contributed by atoms with Crippen molar-refractivity contribution < 1.29 is 53.9 Å². The third kappa shape index (κ3) is 4.28. The molecule has 5 N–H and O–H groups in total. The van der Waals surface area contributed by atoms with Crippen molar-refractivity contribution >= 4 is 17.3 Å². The van der Waals surface area contributed by atoms with Crippen molar-refractivity contribution in [1.29, 1.82) is 0 Å². The van der Waals surface area contributed by atoms with Crippen molar-refractivity contribution in [3.63, 3.8) is 0 Å². The number of rotatable bonds is 6. The summed E-state index contributed by atoms with van der Waals surface area (Å²) in [6.07, 6.45) is -4.55. The van der Waals surface area contributed by atoms with E-state index in [1.807, 2.05) is 0 Å². The van der Waals surface area contributed by atoms with Gasteiger partial charge in [-0.05, 0) is 19.9 Å². The van der Waals surface area contributed by atoms with Crippen molar-refractivity contribution in [2.45, 2.75) is 69.4 Å². The van der Waals surface area contributed by atoms with Gasteiger partial charge in [-0.25, -0.2) is 0 Å². The Morgan fingerprint density at radius 1 is 1.10 bits per heavy atom. The molecule has 40 heavy (non-hydrogen) atoms. The molecule has 6 atom stereocenters. The highest BCUT2D eigenvalue weighted by Crippen LogP contribution is 2.52.